The summed E-state index contributed by atoms with van der Waals surface area (Å²) in [6.45, 7) is 0.371. The Hall–Kier alpha value is 0.550. The first-order chi connectivity index (χ1) is 4.77. The molecule has 0 aliphatic carbocycles. The van der Waals surface area contributed by atoms with Gasteiger partial charge in [0.2, 0.25) is 0 Å². The van der Waals surface area contributed by atoms with E-state index >= 15 is 0 Å². The van der Waals surface area contributed by atoms with Crippen LogP contribution in [0.3, 0.4) is 0 Å². The molecule has 1 atom stereocenters. The highest BCUT2D eigenvalue weighted by atomic mass is 79.9. The molecule has 62 valence electrons. The summed E-state index contributed by atoms with van der Waals surface area (Å²) in [5, 5.41) is 0.981. The van der Waals surface area contributed by atoms with Gasteiger partial charge < -0.3 is 0 Å². The van der Waals surface area contributed by atoms with Gasteiger partial charge in [0.1, 0.15) is 0 Å². The summed E-state index contributed by atoms with van der Waals surface area (Å²) in [7, 11) is 0. The molecule has 3 nitrogen and oxygen atoms in total. The molecule has 0 bridgehead atoms. The van der Waals surface area contributed by atoms with Gasteiger partial charge in [-0.2, -0.15) is 4.21 Å². The van der Waals surface area contributed by atoms with E-state index in [1.807, 2.05) is 0 Å². The summed E-state index contributed by atoms with van der Waals surface area (Å²) in [6, 6.07) is 0. The topological polar surface area (TPSA) is 46.5 Å². The lowest BCUT2D eigenvalue weighted by atomic mass is 10.3. The molecule has 0 aromatic carbocycles. The molecule has 5 heteroatoms. The highest BCUT2D eigenvalue weighted by Gasteiger charge is 1.92. The second-order valence-electron chi connectivity index (χ2n) is 1.79. The molecule has 0 saturated carbocycles. The van der Waals surface area contributed by atoms with Gasteiger partial charge in [0.25, 0.3) is 0 Å². The monoisotopic (exact) mass is 230 g/mol. The molecule has 0 saturated heterocycles. The summed E-state index contributed by atoms with van der Waals surface area (Å²) in [6.07, 6.45) is 2.96. The standard InChI is InChI=1S/C5H11BrO3S/c6-4-2-1-3-5-9-10(7)8/h1-5H2,(H,7,8). The smallest absolute Gasteiger partial charge is 0.284 e. The normalized spacial score (nSPS) is 13.4. The molecular weight excluding hydrogens is 220 g/mol. The van der Waals surface area contributed by atoms with Crippen LogP contribution in [0.2, 0.25) is 0 Å². The van der Waals surface area contributed by atoms with Crippen molar-refractivity contribution in [3.63, 3.8) is 0 Å². The zero-order valence-corrected chi connectivity index (χ0v) is 7.99. The second kappa shape index (κ2) is 7.65. The fraction of sp³-hybridized carbons (Fsp3) is 1.00. The average molecular weight is 231 g/mol. The van der Waals surface area contributed by atoms with Crippen molar-refractivity contribution in [1.29, 1.82) is 0 Å². The SMILES string of the molecule is O=S(O)OCCCCCBr. The highest BCUT2D eigenvalue weighted by Crippen LogP contribution is 1.98. The highest BCUT2D eigenvalue weighted by molar-refractivity contribution is 9.09. The van der Waals surface area contributed by atoms with Gasteiger partial charge in [-0.25, -0.2) is 0 Å². The van der Waals surface area contributed by atoms with Crippen LogP contribution in [-0.4, -0.2) is 20.7 Å². The van der Waals surface area contributed by atoms with E-state index in [2.05, 4.69) is 20.1 Å². The Morgan fingerprint density at radius 2 is 2.10 bits per heavy atom. The maximum Gasteiger partial charge on any atom is 0.301 e. The van der Waals surface area contributed by atoms with Gasteiger partial charge in [-0.1, -0.05) is 22.4 Å². The fourth-order valence-corrected chi connectivity index (χ4v) is 1.16. The number of hydrogen-bond donors (Lipinski definition) is 1. The summed E-state index contributed by atoms with van der Waals surface area (Å²) in [4.78, 5) is 0. The van der Waals surface area contributed by atoms with E-state index in [1.165, 1.54) is 0 Å². The quantitative estimate of drug-likeness (QED) is 0.430. The predicted molar refractivity (Wildman–Crippen MR) is 44.4 cm³/mol. The molecule has 1 N–H and O–H groups in total. The number of alkyl halides is 1. The summed E-state index contributed by atoms with van der Waals surface area (Å²) in [5.41, 5.74) is 0. The second-order valence-corrected chi connectivity index (χ2v) is 3.25. The zero-order valence-electron chi connectivity index (χ0n) is 5.59. The van der Waals surface area contributed by atoms with Crippen molar-refractivity contribution >= 4 is 27.3 Å². The third kappa shape index (κ3) is 8.55. The molecule has 10 heavy (non-hydrogen) atoms. The van der Waals surface area contributed by atoms with Gasteiger partial charge in [0.05, 0.1) is 6.61 Å². The maximum atomic E-state index is 9.91. The fourth-order valence-electron chi connectivity index (χ4n) is 0.504. The van der Waals surface area contributed by atoms with E-state index < -0.39 is 11.4 Å². The molecule has 0 aromatic heterocycles. The lowest BCUT2D eigenvalue weighted by Crippen LogP contribution is -1.97. The van der Waals surface area contributed by atoms with Crippen molar-refractivity contribution in [2.45, 2.75) is 19.3 Å². The van der Waals surface area contributed by atoms with Gasteiger partial charge in [-0.15, -0.1) is 0 Å². The molecular formula is C5H11BrO3S. The van der Waals surface area contributed by atoms with Gasteiger partial charge in [0, 0.05) is 5.33 Å². The van der Waals surface area contributed by atoms with Crippen LogP contribution < -0.4 is 0 Å². The van der Waals surface area contributed by atoms with Crippen LogP contribution in [-0.2, 0) is 15.5 Å². The Labute approximate surface area is 71.8 Å². The van der Waals surface area contributed by atoms with E-state index in [0.717, 1.165) is 24.6 Å². The van der Waals surface area contributed by atoms with E-state index in [9.17, 15) is 4.21 Å². The Kier molecular flexibility index (Phi) is 8.08. The molecule has 0 aliphatic heterocycles. The van der Waals surface area contributed by atoms with Gasteiger partial charge in [0.15, 0.2) is 0 Å². The van der Waals surface area contributed by atoms with Crippen molar-refractivity contribution < 1.29 is 12.9 Å². The minimum Gasteiger partial charge on any atom is -0.284 e. The zero-order chi connectivity index (χ0) is 7.82. The Morgan fingerprint density at radius 3 is 2.60 bits per heavy atom. The van der Waals surface area contributed by atoms with Crippen LogP contribution in [0.5, 0.6) is 0 Å². The number of halogens is 1. The van der Waals surface area contributed by atoms with E-state index in [1.54, 1.807) is 0 Å². The molecule has 0 rings (SSSR count). The van der Waals surface area contributed by atoms with Crippen molar-refractivity contribution in [3.05, 3.63) is 0 Å². The number of hydrogen-bond acceptors (Lipinski definition) is 2. The molecule has 1 unspecified atom stereocenters. The Balaban J connectivity index is 2.84. The van der Waals surface area contributed by atoms with Gasteiger partial charge >= 0.3 is 11.4 Å². The van der Waals surface area contributed by atoms with Crippen molar-refractivity contribution in [3.8, 4) is 0 Å². The first-order valence-corrected chi connectivity index (χ1v) is 5.23. The van der Waals surface area contributed by atoms with Crippen molar-refractivity contribution in [2.24, 2.45) is 0 Å². The molecule has 0 aliphatic rings. The lowest BCUT2D eigenvalue weighted by molar-refractivity contribution is 0.298. The summed E-state index contributed by atoms with van der Waals surface area (Å²) in [5.74, 6) is 0. The van der Waals surface area contributed by atoms with Crippen LogP contribution >= 0.6 is 15.9 Å². The van der Waals surface area contributed by atoms with Gasteiger partial charge in [-0.3, -0.25) is 8.74 Å². The Bertz CT molecular complexity index is 98.9. The van der Waals surface area contributed by atoms with Crippen molar-refractivity contribution in [2.75, 3.05) is 11.9 Å². The minimum atomic E-state index is -2.08. The van der Waals surface area contributed by atoms with Crippen LogP contribution in [0.15, 0.2) is 0 Å². The van der Waals surface area contributed by atoms with Crippen molar-refractivity contribution in [1.82, 2.24) is 0 Å². The molecule has 0 radical (unpaired) electrons. The number of rotatable bonds is 6. The third-order valence-corrected chi connectivity index (χ3v) is 1.89. The molecule has 0 heterocycles. The third-order valence-electron chi connectivity index (χ3n) is 0.962. The number of unbranched alkanes of at least 4 members (excludes halogenated alkanes) is 2. The average Bonchev–Trinajstić information content (AvgIpc) is 1.87. The molecule has 0 amide bonds. The van der Waals surface area contributed by atoms with Crippen LogP contribution in [0, 0.1) is 0 Å². The first-order valence-electron chi connectivity index (χ1n) is 3.07. The summed E-state index contributed by atoms with van der Waals surface area (Å²) >= 11 is 1.20. The molecule has 0 aromatic rings. The largest absolute Gasteiger partial charge is 0.301 e. The van der Waals surface area contributed by atoms with E-state index in [0.29, 0.717) is 6.61 Å². The van der Waals surface area contributed by atoms with Crippen LogP contribution in [0.1, 0.15) is 19.3 Å². The minimum absolute atomic E-state index is 0.371. The van der Waals surface area contributed by atoms with Crippen LogP contribution in [0.4, 0.5) is 0 Å². The molecule has 0 spiro atoms. The predicted octanol–water partition coefficient (Wildman–Crippen LogP) is 1.70. The summed E-state index contributed by atoms with van der Waals surface area (Å²) < 4.78 is 22.5. The lowest BCUT2D eigenvalue weighted by Gasteiger charge is -1.96. The van der Waals surface area contributed by atoms with E-state index in [-0.39, 0.29) is 0 Å². The van der Waals surface area contributed by atoms with E-state index in [4.69, 9.17) is 4.55 Å². The maximum absolute atomic E-state index is 9.91. The first kappa shape index (κ1) is 10.6. The Morgan fingerprint density at radius 1 is 1.40 bits per heavy atom. The van der Waals surface area contributed by atoms with Gasteiger partial charge in [-0.05, 0) is 12.8 Å². The molecule has 0 fully saturated rings. The van der Waals surface area contributed by atoms with Crippen LogP contribution in [0.25, 0.3) is 0 Å².